The van der Waals surface area contributed by atoms with Crippen molar-refractivity contribution in [2.75, 3.05) is 24.6 Å². The van der Waals surface area contributed by atoms with E-state index < -0.39 is 5.97 Å². The van der Waals surface area contributed by atoms with Crippen molar-refractivity contribution in [1.29, 1.82) is 0 Å². The number of rotatable bonds is 3. The number of nitrogens with zero attached hydrogens (tertiary/aromatic N) is 3. The van der Waals surface area contributed by atoms with E-state index in [0.29, 0.717) is 36.8 Å². The first-order valence-corrected chi connectivity index (χ1v) is 8.25. The zero-order chi connectivity index (χ0) is 18.1. The maximum Gasteiger partial charge on any atom is 1.00 e. The van der Waals surface area contributed by atoms with E-state index in [1.807, 2.05) is 18.7 Å². The van der Waals surface area contributed by atoms with Crippen molar-refractivity contribution in [2.45, 2.75) is 32.9 Å². The predicted molar refractivity (Wildman–Crippen MR) is 92.1 cm³/mol. The van der Waals surface area contributed by atoms with E-state index in [-0.39, 0.29) is 44.0 Å². The van der Waals surface area contributed by atoms with Gasteiger partial charge >= 0.3 is 30.9 Å². The van der Waals surface area contributed by atoms with Crippen LogP contribution in [-0.2, 0) is 4.74 Å². The molecule has 0 unspecified atom stereocenters. The van der Waals surface area contributed by atoms with Gasteiger partial charge in [-0.3, -0.25) is 0 Å². The molecule has 1 saturated heterocycles. The van der Waals surface area contributed by atoms with Crippen LogP contribution in [0.3, 0.4) is 0 Å². The van der Waals surface area contributed by atoms with Gasteiger partial charge in [0.25, 0.3) is 6.01 Å². The summed E-state index contributed by atoms with van der Waals surface area (Å²) >= 11 is 0. The number of hydrogen-bond acceptors (Lipinski definition) is 6. The molecule has 0 aliphatic carbocycles. The molecule has 2 atom stereocenters. The van der Waals surface area contributed by atoms with Crippen molar-refractivity contribution in [3.63, 3.8) is 0 Å². The van der Waals surface area contributed by atoms with E-state index in [4.69, 9.17) is 9.15 Å². The largest absolute Gasteiger partial charge is 1.00 e. The molecule has 26 heavy (non-hydrogen) atoms. The fourth-order valence-corrected chi connectivity index (χ4v) is 3.28. The Balaban J connectivity index is 0.00000182. The van der Waals surface area contributed by atoms with E-state index in [1.54, 1.807) is 24.0 Å². The summed E-state index contributed by atoms with van der Waals surface area (Å²) in [5, 5.41) is 9.30. The van der Waals surface area contributed by atoms with Crippen LogP contribution in [0.4, 0.5) is 10.8 Å². The van der Waals surface area contributed by atoms with Gasteiger partial charge in [-0.2, -0.15) is 4.98 Å². The molecule has 1 aromatic carbocycles. The van der Waals surface area contributed by atoms with Crippen LogP contribution >= 0.6 is 0 Å². The minimum absolute atomic E-state index is 0. The summed E-state index contributed by atoms with van der Waals surface area (Å²) in [5.41, 5.74) is 0.873. The van der Waals surface area contributed by atoms with Gasteiger partial charge in [0, 0.05) is 25.2 Å². The number of ether oxygens (including phenoxy) is 1. The van der Waals surface area contributed by atoms with Crippen LogP contribution in [0.25, 0.3) is 11.1 Å². The van der Waals surface area contributed by atoms with Crippen molar-refractivity contribution in [2.24, 2.45) is 0 Å². The standard InChI is InChI=1S/C17H21N3O5.Li.H/c1-4-24-17(23)19-8-10(2)20(11(3)9-19)16-18-14-12(15(21)22)6-5-7-13(14)25-16;;/h5-7,10-11H,4,8-9H2,1-3H3,(H,21,22);;/q;+1;-1/t10-,11-;;/m0../s1. The molecule has 8 nitrogen and oxygen atoms in total. The fourth-order valence-electron chi connectivity index (χ4n) is 3.28. The molecule has 2 heterocycles. The SMILES string of the molecule is CCOC(=O)N1C[C@H](C)N(c2nc3c(C(=O)O)cccc3o2)[C@@H](C)C1.[H-].[Li+]. The zero-order valence-electron chi connectivity index (χ0n) is 16.4. The van der Waals surface area contributed by atoms with E-state index in [2.05, 4.69) is 4.98 Å². The van der Waals surface area contributed by atoms with Crippen LogP contribution in [0.15, 0.2) is 22.6 Å². The summed E-state index contributed by atoms with van der Waals surface area (Å²) in [5.74, 6) is -1.04. The van der Waals surface area contributed by atoms with Crippen molar-refractivity contribution < 1.29 is 44.1 Å². The Hall–Kier alpha value is -2.17. The molecule has 2 aromatic rings. The number of carboxylic acids is 1. The van der Waals surface area contributed by atoms with Gasteiger partial charge in [0.1, 0.15) is 5.52 Å². The summed E-state index contributed by atoms with van der Waals surface area (Å²) in [4.78, 5) is 31.4. The van der Waals surface area contributed by atoms with Crippen molar-refractivity contribution in [1.82, 2.24) is 9.88 Å². The fraction of sp³-hybridized carbons (Fsp3) is 0.471. The molecule has 0 saturated carbocycles. The van der Waals surface area contributed by atoms with Crippen LogP contribution in [-0.4, -0.2) is 58.8 Å². The third-order valence-corrected chi connectivity index (χ3v) is 4.30. The Morgan fingerprint density at radius 2 is 2.00 bits per heavy atom. The first kappa shape index (κ1) is 20.1. The summed E-state index contributed by atoms with van der Waals surface area (Å²) in [7, 11) is 0. The minimum Gasteiger partial charge on any atom is -1.00 e. The number of carboxylic acid groups (broad SMARTS) is 1. The van der Waals surface area contributed by atoms with E-state index in [0.717, 1.165) is 0 Å². The molecule has 1 N–H and O–H groups in total. The van der Waals surface area contributed by atoms with Crippen LogP contribution < -0.4 is 23.8 Å². The van der Waals surface area contributed by atoms with Gasteiger partial charge in [-0.05, 0) is 32.9 Å². The Bertz CT molecular complexity index is 803. The predicted octanol–water partition coefficient (Wildman–Crippen LogP) is -0.302. The molecule has 0 radical (unpaired) electrons. The zero-order valence-corrected chi connectivity index (χ0v) is 15.4. The van der Waals surface area contributed by atoms with Crippen molar-refractivity contribution >= 4 is 29.2 Å². The number of benzene rings is 1. The third kappa shape index (κ3) is 3.67. The van der Waals surface area contributed by atoms with E-state index >= 15 is 0 Å². The normalized spacial score (nSPS) is 20.0. The van der Waals surface area contributed by atoms with Crippen molar-refractivity contribution in [3.05, 3.63) is 23.8 Å². The summed E-state index contributed by atoms with van der Waals surface area (Å²) in [6, 6.07) is 5.10. The van der Waals surface area contributed by atoms with Gasteiger partial charge in [0.05, 0.1) is 12.2 Å². The summed E-state index contributed by atoms with van der Waals surface area (Å²) in [6.07, 6.45) is -0.327. The summed E-state index contributed by atoms with van der Waals surface area (Å²) in [6.45, 7) is 7.01. The molecule has 1 aliphatic rings. The number of fused-ring (bicyclic) bond motifs is 1. The van der Waals surface area contributed by atoms with Gasteiger partial charge in [-0.15, -0.1) is 0 Å². The van der Waals surface area contributed by atoms with Gasteiger partial charge in [0.15, 0.2) is 5.58 Å². The number of hydrogen-bond donors (Lipinski definition) is 1. The van der Waals surface area contributed by atoms with Crippen LogP contribution in [0.1, 0.15) is 32.6 Å². The Morgan fingerprint density at radius 1 is 1.35 bits per heavy atom. The number of piperazine rings is 1. The third-order valence-electron chi connectivity index (χ3n) is 4.30. The van der Waals surface area contributed by atoms with E-state index in [1.165, 1.54) is 6.07 Å². The number of carbonyl (C=O) groups is 2. The minimum atomic E-state index is -1.04. The first-order chi connectivity index (χ1) is 11.9. The molecule has 0 spiro atoms. The second-order valence-electron chi connectivity index (χ2n) is 6.16. The Kier molecular flexibility index (Phi) is 6.21. The molecule has 9 heteroatoms. The van der Waals surface area contributed by atoms with Crippen LogP contribution in [0.5, 0.6) is 0 Å². The second-order valence-corrected chi connectivity index (χ2v) is 6.16. The number of oxazole rings is 1. The molecule has 1 amide bonds. The van der Waals surface area contributed by atoms with Gasteiger partial charge in [0.2, 0.25) is 0 Å². The number of aromatic carboxylic acids is 1. The first-order valence-electron chi connectivity index (χ1n) is 8.25. The molecule has 1 aromatic heterocycles. The van der Waals surface area contributed by atoms with Gasteiger partial charge in [-0.25, -0.2) is 9.59 Å². The molecule has 1 aliphatic heterocycles. The average Bonchev–Trinajstić information content (AvgIpc) is 2.97. The quantitative estimate of drug-likeness (QED) is 0.755. The number of anilines is 1. The molecular formula is C17H22LiN3O5. The Morgan fingerprint density at radius 3 is 2.58 bits per heavy atom. The topological polar surface area (TPSA) is 96.1 Å². The molecule has 0 bridgehead atoms. The molecular weight excluding hydrogens is 333 g/mol. The summed E-state index contributed by atoms with van der Waals surface area (Å²) < 4.78 is 10.9. The van der Waals surface area contributed by atoms with Crippen LogP contribution in [0, 0.1) is 0 Å². The van der Waals surface area contributed by atoms with Gasteiger partial charge in [-0.1, -0.05) is 6.07 Å². The maximum atomic E-state index is 12.0. The molecule has 1 fully saturated rings. The average molecular weight is 355 g/mol. The van der Waals surface area contributed by atoms with Gasteiger partial charge < -0.3 is 25.5 Å². The Labute approximate surface area is 164 Å². The smallest absolute Gasteiger partial charge is 1.00 e. The number of para-hydroxylation sites is 1. The molecule has 3 rings (SSSR count). The second kappa shape index (κ2) is 8.02. The van der Waals surface area contributed by atoms with Crippen LogP contribution in [0.2, 0.25) is 0 Å². The maximum absolute atomic E-state index is 12.0. The number of aromatic nitrogens is 1. The van der Waals surface area contributed by atoms with E-state index in [9.17, 15) is 14.7 Å². The van der Waals surface area contributed by atoms with Crippen molar-refractivity contribution in [3.8, 4) is 0 Å². The number of amides is 1. The number of carbonyl (C=O) groups excluding carboxylic acids is 1. The monoisotopic (exact) mass is 355 g/mol. The molecule has 136 valence electrons.